The van der Waals surface area contributed by atoms with Gasteiger partial charge in [-0.05, 0) is 47.4 Å². The molecule has 4 rings (SSSR count). The van der Waals surface area contributed by atoms with Gasteiger partial charge in [-0.2, -0.15) is 23.1 Å². The summed E-state index contributed by atoms with van der Waals surface area (Å²) < 4.78 is 59.5. The number of aromatic nitrogens is 1. The lowest BCUT2D eigenvalue weighted by molar-refractivity contribution is -0.123. The maximum atomic E-state index is 12.7. The van der Waals surface area contributed by atoms with Crippen LogP contribution < -0.4 is 21.1 Å². The van der Waals surface area contributed by atoms with Crippen LogP contribution in [0.15, 0.2) is 23.2 Å². The van der Waals surface area contributed by atoms with E-state index < -0.39 is 43.4 Å². The molecule has 1 aromatic carbocycles. The van der Waals surface area contributed by atoms with E-state index in [1.54, 1.807) is 6.07 Å². The van der Waals surface area contributed by atoms with Crippen LogP contribution in [-0.4, -0.2) is 54.1 Å². The second-order valence-corrected chi connectivity index (χ2v) is 12.6. The maximum absolute atomic E-state index is 12.7. The molecule has 1 aromatic heterocycles. The molecule has 9 nitrogen and oxygen atoms in total. The third-order valence-corrected chi connectivity index (χ3v) is 8.30. The zero-order valence-corrected chi connectivity index (χ0v) is 28.4. The van der Waals surface area contributed by atoms with E-state index in [1.807, 2.05) is 19.9 Å². The third-order valence-electron chi connectivity index (χ3n) is 7.87. The average Bonchev–Trinajstić information content (AvgIpc) is 3.05. The lowest BCUT2D eigenvalue weighted by Crippen LogP contribution is -2.28. The van der Waals surface area contributed by atoms with Gasteiger partial charge in [0.05, 0.1) is 16.3 Å². The van der Waals surface area contributed by atoms with E-state index in [-0.39, 0.29) is 29.8 Å². The number of rotatable bonds is 9. The van der Waals surface area contributed by atoms with E-state index in [0.717, 1.165) is 11.5 Å². The quantitative estimate of drug-likeness (QED) is 0.155. The minimum Gasteiger partial charge on any atom is -0.471 e. The molecule has 0 radical (unpaired) electrons. The molecule has 15 heteroatoms. The number of aliphatic hydroxyl groups excluding tert-OH is 1. The summed E-state index contributed by atoms with van der Waals surface area (Å²) in [6.45, 7) is 2.35. The van der Waals surface area contributed by atoms with Crippen LogP contribution in [0, 0.1) is 5.92 Å². The Morgan fingerprint density at radius 2 is 1.81 bits per heavy atom. The maximum Gasteiger partial charge on any atom is 0.379 e. The molecule has 2 aromatic rings. The summed E-state index contributed by atoms with van der Waals surface area (Å²) in [5.74, 6) is -0.0448. The molecule has 1 amide bonds. The number of alkyl halides is 5. The van der Waals surface area contributed by atoms with Crippen molar-refractivity contribution in [1.29, 1.82) is 0 Å². The van der Waals surface area contributed by atoms with Crippen LogP contribution in [0.25, 0.3) is 0 Å². The lowest BCUT2D eigenvalue weighted by Gasteiger charge is -2.29. The number of aliphatic imine (C=N–C) groups is 1. The van der Waals surface area contributed by atoms with Crippen molar-refractivity contribution in [2.45, 2.75) is 104 Å². The normalized spacial score (nSPS) is 15.5. The van der Waals surface area contributed by atoms with Crippen LogP contribution >= 0.6 is 11.6 Å². The minimum absolute atomic E-state index is 0.0643. The first-order chi connectivity index (χ1) is 22.6. The molecule has 1 aliphatic carbocycles. The Hall–Kier alpha value is -3.52. The van der Waals surface area contributed by atoms with Crippen molar-refractivity contribution in [3.63, 3.8) is 0 Å². The zero-order valence-electron chi connectivity index (χ0n) is 27.7. The minimum atomic E-state index is -3.67. The van der Waals surface area contributed by atoms with Crippen LogP contribution in [0.5, 0.6) is 5.88 Å². The summed E-state index contributed by atoms with van der Waals surface area (Å²) in [6.07, 6.45) is 8.04. The molecule has 1 aliphatic heterocycles. The Labute approximate surface area is 282 Å². The first-order valence-electron chi connectivity index (χ1n) is 15.8. The summed E-state index contributed by atoms with van der Waals surface area (Å²) in [5, 5.41) is 14.8. The van der Waals surface area contributed by atoms with Gasteiger partial charge in [-0.1, -0.05) is 89.5 Å². The Morgan fingerprint density at radius 1 is 1.17 bits per heavy atom. The number of nitrogens with one attached hydrogen (secondary N) is 2. The first kappa shape index (κ1) is 40.7. The van der Waals surface area contributed by atoms with Crippen LogP contribution in [0.3, 0.4) is 0 Å². The molecule has 0 unspecified atom stereocenters. The number of halogens is 6. The summed E-state index contributed by atoms with van der Waals surface area (Å²) in [6, 6.07) is 5.14. The molecular weight excluding hydrogens is 661 g/mol. The molecule has 0 spiro atoms. The zero-order chi connectivity index (χ0) is 36.0. The molecule has 5 N–H and O–H groups in total. The van der Waals surface area contributed by atoms with Gasteiger partial charge in [0.2, 0.25) is 11.8 Å². The predicted octanol–water partition coefficient (Wildman–Crippen LogP) is 7.63. The van der Waals surface area contributed by atoms with Gasteiger partial charge in [0.25, 0.3) is 6.43 Å². The first-order valence-corrected chi connectivity index (χ1v) is 16.2. The summed E-state index contributed by atoms with van der Waals surface area (Å²) in [5.41, 5.74) is 8.03. The third kappa shape index (κ3) is 12.8. The van der Waals surface area contributed by atoms with Crippen molar-refractivity contribution >= 4 is 40.8 Å². The smallest absolute Gasteiger partial charge is 0.379 e. The molecule has 0 saturated heterocycles. The Bertz CT molecular complexity index is 1400. The van der Waals surface area contributed by atoms with Crippen molar-refractivity contribution < 1.29 is 41.4 Å². The molecule has 2 aliphatic rings. The molecule has 0 atom stereocenters. The Morgan fingerprint density at radius 3 is 2.38 bits per heavy atom. The second-order valence-electron chi connectivity index (χ2n) is 12.2. The van der Waals surface area contributed by atoms with Crippen LogP contribution in [0.1, 0.15) is 99.7 Å². The van der Waals surface area contributed by atoms with Gasteiger partial charge in [0.1, 0.15) is 6.61 Å². The van der Waals surface area contributed by atoms with Crippen molar-refractivity contribution in [1.82, 2.24) is 10.3 Å². The van der Waals surface area contributed by atoms with E-state index >= 15 is 0 Å². The number of anilines is 1. The van der Waals surface area contributed by atoms with Gasteiger partial charge in [-0.25, -0.2) is 8.78 Å². The number of pyridine rings is 1. The molecule has 1 fully saturated rings. The van der Waals surface area contributed by atoms with E-state index in [0.29, 0.717) is 28.3 Å². The average molecular weight is 706 g/mol. The van der Waals surface area contributed by atoms with Gasteiger partial charge in [-0.15, -0.1) is 0 Å². The fraction of sp³-hybridized carbons (Fsp3) is 0.576. The number of nitrogens with zero attached hydrogens (tertiary/aromatic N) is 2. The van der Waals surface area contributed by atoms with E-state index in [4.69, 9.17) is 27.2 Å². The molecule has 0 bridgehead atoms. The number of Topliss-reactive ketones (excluding diaryl/α,β-unsaturated/α-hetero) is 1. The standard InChI is InChI=1S/C23H26ClF2N5O4.C9H18.CHF3/c1-11(33)14-6-13-7-23(2,3)15-5-4-12(8-28-17(34)9-32)18(24)19(15)29-22(27)31-20(13)30-21(14)35-10-16(25)26;1-2-6-9-7-4-3-5-8-9;2-1(3)4/h4-6,16,32H,7-10H2,1-3H3,(H,28,34)(H3,27,29,30,31);9H,2-8H2,1H3;1H. The fourth-order valence-electron chi connectivity index (χ4n) is 5.68. The number of ether oxygens (including phenoxy) is 1. The van der Waals surface area contributed by atoms with Gasteiger partial charge >= 0.3 is 6.68 Å². The number of nitrogens with two attached hydrogens (primary N) is 1. The highest BCUT2D eigenvalue weighted by molar-refractivity contribution is 6.34. The van der Waals surface area contributed by atoms with E-state index in [1.165, 1.54) is 57.9 Å². The monoisotopic (exact) mass is 705 g/mol. The molecule has 48 heavy (non-hydrogen) atoms. The SMILES string of the molecule is CC(=O)c1cc2c(nc1OCC(F)F)N=C(N)Nc1c(ccc(CNC(=O)CO)c1Cl)C(C)(C)C2.CCCC1CCCCC1.FC(F)F. The Balaban J connectivity index is 0.000000514. The fourth-order valence-corrected chi connectivity index (χ4v) is 5.96. The number of carbonyl (C=O) groups excluding carboxylic acids is 2. The van der Waals surface area contributed by atoms with Gasteiger partial charge < -0.3 is 26.2 Å². The van der Waals surface area contributed by atoms with Crippen LogP contribution in [-0.2, 0) is 23.2 Å². The number of hydrogen-bond donors (Lipinski definition) is 4. The van der Waals surface area contributed by atoms with Crippen molar-refractivity contribution in [2.24, 2.45) is 16.6 Å². The van der Waals surface area contributed by atoms with Gasteiger partial charge in [-0.3, -0.25) is 9.59 Å². The number of benzene rings is 1. The number of guanidine groups is 1. The van der Waals surface area contributed by atoms with Crippen molar-refractivity contribution in [3.8, 4) is 5.88 Å². The van der Waals surface area contributed by atoms with Crippen LogP contribution in [0.2, 0.25) is 5.02 Å². The lowest BCUT2D eigenvalue weighted by atomic mass is 9.77. The summed E-state index contributed by atoms with van der Waals surface area (Å²) in [7, 11) is 0. The van der Waals surface area contributed by atoms with Crippen molar-refractivity contribution in [2.75, 3.05) is 18.5 Å². The van der Waals surface area contributed by atoms with E-state index in [2.05, 4.69) is 27.5 Å². The predicted molar refractivity (Wildman–Crippen MR) is 176 cm³/mol. The molecule has 1 saturated carbocycles. The van der Waals surface area contributed by atoms with Gasteiger partial charge in [0, 0.05) is 6.54 Å². The number of hydrogen-bond acceptors (Lipinski definition) is 8. The largest absolute Gasteiger partial charge is 0.471 e. The topological polar surface area (TPSA) is 139 Å². The second kappa shape index (κ2) is 19.5. The van der Waals surface area contributed by atoms with Crippen molar-refractivity contribution in [3.05, 3.63) is 45.5 Å². The number of amides is 1. The van der Waals surface area contributed by atoms with Gasteiger partial charge in [0.15, 0.2) is 24.2 Å². The molecule has 268 valence electrons. The summed E-state index contributed by atoms with van der Waals surface area (Å²) in [4.78, 5) is 32.2. The Kier molecular flexibility index (Phi) is 16.5. The number of carbonyl (C=O) groups is 2. The van der Waals surface area contributed by atoms with Crippen LogP contribution in [0.4, 0.5) is 33.5 Å². The molecular formula is C33H45ClF5N5O4. The summed E-state index contributed by atoms with van der Waals surface area (Å²) >= 11 is 6.66. The number of aliphatic hydroxyl groups is 1. The molecule has 2 heterocycles. The highest BCUT2D eigenvalue weighted by Crippen LogP contribution is 2.41. The van der Waals surface area contributed by atoms with E-state index in [9.17, 15) is 31.5 Å². The highest BCUT2D eigenvalue weighted by Gasteiger charge is 2.31. The number of fused-ring (bicyclic) bond motifs is 2. The number of ketones is 1. The highest BCUT2D eigenvalue weighted by atomic mass is 35.5.